The van der Waals surface area contributed by atoms with Gasteiger partial charge in [-0.15, -0.1) is 0 Å². The van der Waals surface area contributed by atoms with Gasteiger partial charge < -0.3 is 16.0 Å². The number of anilines is 1. The van der Waals surface area contributed by atoms with Gasteiger partial charge in [0.25, 0.3) is 0 Å². The summed E-state index contributed by atoms with van der Waals surface area (Å²) in [4.78, 5) is 28.4. The van der Waals surface area contributed by atoms with Crippen molar-refractivity contribution in [2.24, 2.45) is 23.5 Å². The first-order chi connectivity index (χ1) is 14.1. The van der Waals surface area contributed by atoms with Crippen LogP contribution in [0.3, 0.4) is 0 Å². The van der Waals surface area contributed by atoms with Gasteiger partial charge in [0.1, 0.15) is 0 Å². The first kappa shape index (κ1) is 20.4. The first-order valence-electron chi connectivity index (χ1n) is 11.2. The van der Waals surface area contributed by atoms with Crippen molar-refractivity contribution in [3.05, 3.63) is 29.8 Å². The van der Waals surface area contributed by atoms with E-state index in [-0.39, 0.29) is 17.7 Å². The van der Waals surface area contributed by atoms with Crippen LogP contribution in [-0.4, -0.2) is 54.3 Å². The Hall–Kier alpha value is -1.92. The minimum Gasteiger partial charge on any atom is -0.369 e. The minimum absolute atomic E-state index is 0.0315. The van der Waals surface area contributed by atoms with E-state index in [1.165, 1.54) is 37.9 Å². The summed E-state index contributed by atoms with van der Waals surface area (Å²) in [5.41, 5.74) is 7.50. The molecule has 1 aromatic carbocycles. The quantitative estimate of drug-likeness (QED) is 0.739. The second-order valence-electron chi connectivity index (χ2n) is 9.16. The van der Waals surface area contributed by atoms with Crippen LogP contribution >= 0.6 is 0 Å². The van der Waals surface area contributed by atoms with E-state index in [0.29, 0.717) is 6.42 Å². The molecule has 6 nitrogen and oxygen atoms in total. The fourth-order valence-corrected chi connectivity index (χ4v) is 5.33. The fraction of sp³-hybridized carbons (Fsp3) is 0.652. The Morgan fingerprint density at radius 2 is 1.62 bits per heavy atom. The molecule has 1 aromatic rings. The fourth-order valence-electron chi connectivity index (χ4n) is 5.33. The van der Waals surface area contributed by atoms with Gasteiger partial charge in [-0.3, -0.25) is 14.5 Å². The van der Waals surface area contributed by atoms with Gasteiger partial charge in [-0.2, -0.15) is 0 Å². The smallest absolute Gasteiger partial charge is 0.225 e. The Bertz CT molecular complexity index is 700. The zero-order valence-electron chi connectivity index (χ0n) is 17.3. The van der Waals surface area contributed by atoms with Crippen molar-refractivity contribution in [1.82, 2.24) is 9.80 Å². The van der Waals surface area contributed by atoms with Gasteiger partial charge in [-0.05, 0) is 68.3 Å². The molecule has 0 aromatic heterocycles. The number of nitrogens with two attached hydrogens (primary N) is 1. The van der Waals surface area contributed by atoms with Crippen molar-refractivity contribution in [3.8, 4) is 0 Å². The summed E-state index contributed by atoms with van der Waals surface area (Å²) >= 11 is 0. The van der Waals surface area contributed by atoms with Gasteiger partial charge in [-0.1, -0.05) is 18.6 Å². The number of hydrogen-bond acceptors (Lipinski definition) is 4. The highest BCUT2D eigenvalue weighted by Crippen LogP contribution is 2.37. The second kappa shape index (κ2) is 9.26. The summed E-state index contributed by atoms with van der Waals surface area (Å²) in [6.45, 7) is 5.93. The average Bonchev–Trinajstić information content (AvgIpc) is 3.30. The lowest BCUT2D eigenvalue weighted by Crippen LogP contribution is -2.38. The number of likely N-dealkylation sites (tertiary alicyclic amines) is 2. The number of hydrogen-bond donors (Lipinski definition) is 2. The Balaban J connectivity index is 1.17. The number of rotatable bonds is 7. The molecule has 2 aliphatic heterocycles. The van der Waals surface area contributed by atoms with Crippen LogP contribution in [0.15, 0.2) is 24.3 Å². The van der Waals surface area contributed by atoms with Gasteiger partial charge in [-0.25, -0.2) is 0 Å². The Kier molecular flexibility index (Phi) is 6.50. The van der Waals surface area contributed by atoms with Crippen molar-refractivity contribution in [1.29, 1.82) is 0 Å². The predicted octanol–water partition coefficient (Wildman–Crippen LogP) is 2.44. The summed E-state index contributed by atoms with van der Waals surface area (Å²) in [6, 6.07) is 8.14. The van der Waals surface area contributed by atoms with Crippen molar-refractivity contribution in [2.75, 3.05) is 38.0 Å². The highest BCUT2D eigenvalue weighted by molar-refractivity contribution is 5.90. The molecule has 0 bridgehead atoms. The molecule has 2 heterocycles. The van der Waals surface area contributed by atoms with E-state index in [9.17, 15) is 9.59 Å². The number of piperidine rings is 1. The maximum Gasteiger partial charge on any atom is 0.225 e. The third-order valence-electron chi connectivity index (χ3n) is 7.09. The van der Waals surface area contributed by atoms with Gasteiger partial charge in [0.2, 0.25) is 11.8 Å². The summed E-state index contributed by atoms with van der Waals surface area (Å²) < 4.78 is 0. The van der Waals surface area contributed by atoms with Crippen LogP contribution in [0.5, 0.6) is 0 Å². The molecule has 1 aliphatic carbocycles. The Morgan fingerprint density at radius 1 is 0.966 bits per heavy atom. The van der Waals surface area contributed by atoms with Crippen LogP contribution in [0.25, 0.3) is 0 Å². The van der Waals surface area contributed by atoms with E-state index >= 15 is 0 Å². The molecule has 3 aliphatic rings. The Labute approximate surface area is 173 Å². The van der Waals surface area contributed by atoms with Crippen molar-refractivity contribution in [2.45, 2.75) is 45.1 Å². The van der Waals surface area contributed by atoms with Crippen LogP contribution in [0.4, 0.5) is 5.69 Å². The number of nitrogens with one attached hydrogen (secondary N) is 1. The highest BCUT2D eigenvalue weighted by atomic mass is 16.2. The molecule has 4 rings (SSSR count). The van der Waals surface area contributed by atoms with E-state index < -0.39 is 0 Å². The summed E-state index contributed by atoms with van der Waals surface area (Å²) in [6.07, 6.45) is 6.41. The summed E-state index contributed by atoms with van der Waals surface area (Å²) in [5.74, 6) is 1.73. The molecule has 158 valence electrons. The van der Waals surface area contributed by atoms with E-state index in [1.807, 2.05) is 12.1 Å². The van der Waals surface area contributed by atoms with Gasteiger partial charge in [0, 0.05) is 44.2 Å². The molecule has 0 spiro atoms. The van der Waals surface area contributed by atoms with Crippen molar-refractivity contribution >= 4 is 17.5 Å². The van der Waals surface area contributed by atoms with Crippen molar-refractivity contribution < 1.29 is 9.59 Å². The number of amides is 2. The van der Waals surface area contributed by atoms with Crippen LogP contribution < -0.4 is 11.1 Å². The van der Waals surface area contributed by atoms with E-state index in [1.54, 1.807) is 0 Å². The highest BCUT2D eigenvalue weighted by Gasteiger charge is 2.35. The number of nitrogens with zero attached hydrogens (tertiary/aromatic N) is 2. The molecule has 2 saturated heterocycles. The van der Waals surface area contributed by atoms with E-state index in [0.717, 1.165) is 56.5 Å². The predicted molar refractivity (Wildman–Crippen MR) is 114 cm³/mol. The molecule has 2 amide bonds. The average molecular weight is 399 g/mol. The van der Waals surface area contributed by atoms with Crippen LogP contribution in [0.2, 0.25) is 0 Å². The SMILES string of the molecule is NC(=O)C1CCN(Cc2ccc(NC(=O)CCN3CC4CCCC4C3)cc2)CC1. The third kappa shape index (κ3) is 5.37. The maximum absolute atomic E-state index is 12.3. The van der Waals surface area contributed by atoms with Gasteiger partial charge >= 0.3 is 0 Å². The maximum atomic E-state index is 12.3. The number of benzene rings is 1. The largest absolute Gasteiger partial charge is 0.369 e. The summed E-state index contributed by atoms with van der Waals surface area (Å²) in [7, 11) is 0. The van der Waals surface area contributed by atoms with Gasteiger partial charge in [0.05, 0.1) is 0 Å². The first-order valence-corrected chi connectivity index (χ1v) is 11.2. The number of carbonyl (C=O) groups is 2. The van der Waals surface area contributed by atoms with Crippen LogP contribution in [0, 0.1) is 17.8 Å². The zero-order valence-corrected chi connectivity index (χ0v) is 17.3. The summed E-state index contributed by atoms with van der Waals surface area (Å²) in [5, 5.41) is 3.03. The molecular weight excluding hydrogens is 364 g/mol. The van der Waals surface area contributed by atoms with Gasteiger partial charge in [0.15, 0.2) is 0 Å². The number of primary amides is 1. The molecule has 2 unspecified atom stereocenters. The van der Waals surface area contributed by atoms with Crippen LogP contribution in [0.1, 0.15) is 44.1 Å². The third-order valence-corrected chi connectivity index (χ3v) is 7.09. The molecule has 1 saturated carbocycles. The monoisotopic (exact) mass is 398 g/mol. The molecular formula is C23H34N4O2. The van der Waals surface area contributed by atoms with E-state index in [4.69, 9.17) is 5.73 Å². The van der Waals surface area contributed by atoms with Crippen molar-refractivity contribution in [3.63, 3.8) is 0 Å². The minimum atomic E-state index is -0.169. The zero-order chi connectivity index (χ0) is 20.2. The molecule has 29 heavy (non-hydrogen) atoms. The van der Waals surface area contributed by atoms with Crippen LogP contribution in [-0.2, 0) is 16.1 Å². The Morgan fingerprint density at radius 3 is 2.24 bits per heavy atom. The molecule has 2 atom stereocenters. The van der Waals surface area contributed by atoms with E-state index in [2.05, 4.69) is 27.2 Å². The normalized spacial score (nSPS) is 25.8. The number of fused-ring (bicyclic) bond motifs is 1. The second-order valence-corrected chi connectivity index (χ2v) is 9.16. The molecule has 3 N–H and O–H groups in total. The number of carbonyl (C=O) groups excluding carboxylic acids is 2. The molecule has 6 heteroatoms. The lowest BCUT2D eigenvalue weighted by molar-refractivity contribution is -0.123. The molecule has 0 radical (unpaired) electrons. The lowest BCUT2D eigenvalue weighted by atomic mass is 9.96. The molecule has 3 fully saturated rings. The lowest BCUT2D eigenvalue weighted by Gasteiger charge is -2.30. The topological polar surface area (TPSA) is 78.7 Å². The standard InChI is InChI=1S/C23H34N4O2/c24-23(29)18-8-11-26(12-9-18)14-17-4-6-21(7-5-17)25-22(28)10-13-27-15-19-2-1-3-20(19)16-27/h4-7,18-20H,1-3,8-16H2,(H2,24,29)(H,25,28).